The smallest absolute Gasteiger partial charge is 0.264 e. The van der Waals surface area contributed by atoms with Gasteiger partial charge in [-0.2, -0.15) is 0 Å². The number of sulfonamides is 1. The second-order valence-corrected chi connectivity index (χ2v) is 13.2. The van der Waals surface area contributed by atoms with E-state index in [0.717, 1.165) is 18.4 Å². The van der Waals surface area contributed by atoms with E-state index >= 15 is 0 Å². The van der Waals surface area contributed by atoms with Gasteiger partial charge in [-0.15, -0.1) is 0 Å². The van der Waals surface area contributed by atoms with E-state index in [4.69, 9.17) is 0 Å². The molecule has 1 saturated carbocycles. The first kappa shape index (κ1) is 27.8. The molecule has 0 bridgehead atoms. The Bertz CT molecular complexity index is 1630. The zero-order chi connectivity index (χ0) is 29.5. The van der Waals surface area contributed by atoms with Gasteiger partial charge < -0.3 is 15.1 Å². The highest BCUT2D eigenvalue weighted by molar-refractivity contribution is 7.92. The summed E-state index contributed by atoms with van der Waals surface area (Å²) >= 11 is 0. The maximum absolute atomic E-state index is 13.7. The van der Waals surface area contributed by atoms with Crippen LogP contribution in [-0.2, 0) is 31.0 Å². The summed E-state index contributed by atoms with van der Waals surface area (Å²) in [6, 6.07) is 16.5. The van der Waals surface area contributed by atoms with Crippen molar-refractivity contribution in [3.63, 3.8) is 0 Å². The second kappa shape index (κ2) is 10.8. The van der Waals surface area contributed by atoms with Gasteiger partial charge in [-0.1, -0.05) is 30.3 Å². The molecule has 2 aromatic carbocycles. The molecule has 1 spiro atoms. The molecule has 1 aromatic heterocycles. The molecule has 3 fully saturated rings. The summed E-state index contributed by atoms with van der Waals surface area (Å²) in [5, 5.41) is 2.86. The summed E-state index contributed by atoms with van der Waals surface area (Å²) in [6.07, 6.45) is 4.11. The van der Waals surface area contributed by atoms with Gasteiger partial charge in [-0.05, 0) is 67.5 Å². The lowest BCUT2D eigenvalue weighted by Gasteiger charge is -2.26. The molecule has 0 radical (unpaired) electrons. The summed E-state index contributed by atoms with van der Waals surface area (Å²) in [6.45, 7) is 3.03. The van der Waals surface area contributed by atoms with Crippen LogP contribution in [0.15, 0.2) is 71.8 Å². The molecule has 1 aliphatic carbocycles. The highest BCUT2D eigenvalue weighted by Gasteiger charge is 2.56. The third-order valence-electron chi connectivity index (χ3n) is 8.28. The number of anilines is 2. The molecule has 11 nitrogen and oxygen atoms in total. The summed E-state index contributed by atoms with van der Waals surface area (Å²) in [4.78, 5) is 51.2. The van der Waals surface area contributed by atoms with Crippen LogP contribution in [-0.4, -0.2) is 65.0 Å². The number of aromatic nitrogens is 2. The minimum absolute atomic E-state index is 0.00818. The molecule has 2 atom stereocenters. The molecule has 2 N–H and O–H groups in total. The van der Waals surface area contributed by atoms with Gasteiger partial charge in [0.25, 0.3) is 10.0 Å². The van der Waals surface area contributed by atoms with E-state index in [-0.39, 0.29) is 40.4 Å². The fraction of sp³-hybridized carbons (Fsp3) is 0.367. The monoisotopic (exact) mass is 588 g/mol. The van der Waals surface area contributed by atoms with Crippen molar-refractivity contribution in [2.24, 2.45) is 11.3 Å². The predicted molar refractivity (Wildman–Crippen MR) is 154 cm³/mol. The molecule has 3 amide bonds. The maximum atomic E-state index is 13.7. The molecule has 3 aromatic rings. The van der Waals surface area contributed by atoms with Gasteiger partial charge in [-0.3, -0.25) is 14.4 Å². The van der Waals surface area contributed by atoms with Crippen molar-refractivity contribution in [3.05, 3.63) is 78.1 Å². The van der Waals surface area contributed by atoms with E-state index < -0.39 is 22.0 Å². The zero-order valence-corrected chi connectivity index (χ0v) is 24.0. The first-order valence-corrected chi connectivity index (χ1v) is 15.4. The molecule has 0 unspecified atom stereocenters. The quantitative estimate of drug-likeness (QED) is 0.412. The molecule has 42 heavy (non-hydrogen) atoms. The van der Waals surface area contributed by atoms with Crippen molar-refractivity contribution >= 4 is 39.4 Å². The Hall–Kier alpha value is -4.32. The third-order valence-corrected chi connectivity index (χ3v) is 9.63. The van der Waals surface area contributed by atoms with E-state index in [1.54, 1.807) is 22.8 Å². The number of nitrogens with one attached hydrogen (secondary N) is 2. The minimum atomic E-state index is -3.93. The number of aryl methyl sites for hydroxylation is 1. The molecule has 218 valence electrons. The molecule has 2 saturated heterocycles. The molecule has 2 aliphatic heterocycles. The maximum Gasteiger partial charge on any atom is 0.264 e. The number of benzene rings is 2. The summed E-state index contributed by atoms with van der Waals surface area (Å²) in [5.74, 6) is -1.05. The lowest BCUT2D eigenvalue weighted by atomic mass is 10.0. The Morgan fingerprint density at radius 1 is 1.05 bits per heavy atom. The molecule has 3 aliphatic rings. The number of likely N-dealkylation sites (tertiary alicyclic amines) is 2. The van der Waals surface area contributed by atoms with Gasteiger partial charge >= 0.3 is 0 Å². The standard InChI is InChI=1S/C30H32N6O5S/c1-20-11-14-31-29(32-20)34-42(40,41)24-9-7-23(8-10-24)33-27(38)25-16-30(12-13-30)19-36(25)28(39)22-15-26(37)35(18-22)17-21-5-3-2-4-6-21/h2-11,14,22,25H,12-13,15-19H2,1H3,(H,33,38)(H,31,32,34)/t22-,25+/m0/s1. The molecular weight excluding hydrogens is 556 g/mol. The average molecular weight is 589 g/mol. The lowest BCUT2D eigenvalue weighted by Crippen LogP contribution is -2.46. The highest BCUT2D eigenvalue weighted by atomic mass is 32.2. The Balaban J connectivity index is 1.11. The van der Waals surface area contributed by atoms with Gasteiger partial charge in [-0.25, -0.2) is 23.1 Å². The Kier molecular flexibility index (Phi) is 7.17. The van der Waals surface area contributed by atoms with E-state index in [2.05, 4.69) is 20.0 Å². The summed E-state index contributed by atoms with van der Waals surface area (Å²) in [7, 11) is -3.93. The Morgan fingerprint density at radius 3 is 2.48 bits per heavy atom. The lowest BCUT2D eigenvalue weighted by molar-refractivity contribution is -0.140. The molecule has 6 rings (SSSR count). The van der Waals surface area contributed by atoms with Crippen molar-refractivity contribution in [1.29, 1.82) is 0 Å². The van der Waals surface area contributed by atoms with Gasteiger partial charge in [0.05, 0.1) is 10.8 Å². The van der Waals surface area contributed by atoms with Crippen molar-refractivity contribution in [2.75, 3.05) is 23.1 Å². The van der Waals surface area contributed by atoms with Crippen LogP contribution >= 0.6 is 0 Å². The third kappa shape index (κ3) is 5.85. The van der Waals surface area contributed by atoms with E-state index in [1.807, 2.05) is 30.3 Å². The molecular formula is C30H32N6O5S. The zero-order valence-electron chi connectivity index (χ0n) is 23.2. The first-order chi connectivity index (χ1) is 20.1. The van der Waals surface area contributed by atoms with Crippen LogP contribution in [0.5, 0.6) is 0 Å². The van der Waals surface area contributed by atoms with Crippen molar-refractivity contribution in [2.45, 2.75) is 50.1 Å². The van der Waals surface area contributed by atoms with E-state index in [9.17, 15) is 22.8 Å². The normalized spacial score (nSPS) is 21.0. The number of carbonyl (C=O) groups excluding carboxylic acids is 3. The van der Waals surface area contributed by atoms with Crippen LogP contribution in [0.3, 0.4) is 0 Å². The van der Waals surface area contributed by atoms with Crippen LogP contribution in [0.25, 0.3) is 0 Å². The van der Waals surface area contributed by atoms with Crippen molar-refractivity contribution in [1.82, 2.24) is 19.8 Å². The molecule has 3 heterocycles. The largest absolute Gasteiger partial charge is 0.338 e. The van der Waals surface area contributed by atoms with Crippen LogP contribution in [0.2, 0.25) is 0 Å². The first-order valence-electron chi connectivity index (χ1n) is 14.0. The predicted octanol–water partition coefficient (Wildman–Crippen LogP) is 2.95. The van der Waals surface area contributed by atoms with Crippen molar-refractivity contribution in [3.8, 4) is 0 Å². The Labute approximate surface area is 244 Å². The molecule has 12 heteroatoms. The van der Waals surface area contributed by atoms with Crippen molar-refractivity contribution < 1.29 is 22.8 Å². The fourth-order valence-electron chi connectivity index (χ4n) is 5.81. The fourth-order valence-corrected chi connectivity index (χ4v) is 6.76. The number of hydrogen-bond acceptors (Lipinski definition) is 7. The van der Waals surface area contributed by atoms with Crippen LogP contribution in [0.4, 0.5) is 11.6 Å². The summed E-state index contributed by atoms with van der Waals surface area (Å²) < 4.78 is 27.9. The van der Waals surface area contributed by atoms with Gasteiger partial charge in [0.2, 0.25) is 23.7 Å². The van der Waals surface area contributed by atoms with E-state index in [1.165, 1.54) is 30.5 Å². The van der Waals surface area contributed by atoms with Crippen LogP contribution in [0.1, 0.15) is 36.9 Å². The average Bonchev–Trinajstić information content (AvgIpc) is 3.46. The number of carbonyl (C=O) groups is 3. The summed E-state index contributed by atoms with van der Waals surface area (Å²) in [5.41, 5.74) is 2.01. The number of hydrogen-bond donors (Lipinski definition) is 2. The topological polar surface area (TPSA) is 142 Å². The van der Waals surface area contributed by atoms with Gasteiger partial charge in [0.1, 0.15) is 6.04 Å². The number of rotatable bonds is 8. The van der Waals surface area contributed by atoms with E-state index in [0.29, 0.717) is 37.4 Å². The Morgan fingerprint density at radius 2 is 1.79 bits per heavy atom. The SMILES string of the molecule is Cc1ccnc(NS(=O)(=O)c2ccc(NC(=O)[C@H]3CC4(CC4)CN3C(=O)[C@H]3CC(=O)N(Cc4ccccc4)C3)cc2)n1. The van der Waals surface area contributed by atoms with Gasteiger partial charge in [0, 0.05) is 43.6 Å². The number of nitrogens with zero attached hydrogens (tertiary/aromatic N) is 4. The highest BCUT2D eigenvalue weighted by Crippen LogP contribution is 2.55. The van der Waals surface area contributed by atoms with Crippen LogP contribution in [0, 0.1) is 18.3 Å². The minimum Gasteiger partial charge on any atom is -0.338 e. The van der Waals surface area contributed by atoms with Gasteiger partial charge in [0.15, 0.2) is 0 Å². The number of amides is 3. The second-order valence-electron chi connectivity index (χ2n) is 11.5. The van der Waals surface area contributed by atoms with Crippen LogP contribution < -0.4 is 10.0 Å².